The summed E-state index contributed by atoms with van der Waals surface area (Å²) >= 11 is 0. The van der Waals surface area contributed by atoms with Gasteiger partial charge in [-0.1, -0.05) is 27.7 Å². The molecule has 3 N–H and O–H groups in total. The van der Waals surface area contributed by atoms with Gasteiger partial charge in [-0.2, -0.15) is 0 Å². The topological polar surface area (TPSA) is 70.1 Å². The third kappa shape index (κ3) is 4.96. The Kier molecular flexibility index (Phi) is 6.20. The fourth-order valence-corrected chi connectivity index (χ4v) is 2.06. The Labute approximate surface area is 122 Å². The predicted octanol–water partition coefficient (Wildman–Crippen LogP) is 2.68. The van der Waals surface area contributed by atoms with Crippen molar-refractivity contribution in [3.63, 3.8) is 0 Å². The van der Waals surface area contributed by atoms with Gasteiger partial charge in [0.05, 0.1) is 0 Å². The van der Waals surface area contributed by atoms with Gasteiger partial charge in [-0.25, -0.2) is 9.97 Å². The Morgan fingerprint density at radius 1 is 1.25 bits per heavy atom. The molecule has 1 aromatic rings. The zero-order valence-electron chi connectivity index (χ0n) is 13.3. The average molecular weight is 280 g/mol. The summed E-state index contributed by atoms with van der Waals surface area (Å²) in [4.78, 5) is 9.01. The van der Waals surface area contributed by atoms with Gasteiger partial charge in [0.25, 0.3) is 0 Å². The third-order valence-electron chi connectivity index (χ3n) is 3.29. The fraction of sp³-hybridized carbons (Fsp3) is 0.733. The van der Waals surface area contributed by atoms with Gasteiger partial charge in [0.2, 0.25) is 0 Å². The minimum absolute atomic E-state index is 0.0540. The molecule has 0 amide bonds. The first-order valence-corrected chi connectivity index (χ1v) is 7.33. The van der Waals surface area contributed by atoms with Crippen LogP contribution in [0.15, 0.2) is 6.07 Å². The highest BCUT2D eigenvalue weighted by Crippen LogP contribution is 2.25. The Morgan fingerprint density at radius 2 is 1.90 bits per heavy atom. The van der Waals surface area contributed by atoms with Crippen molar-refractivity contribution in [1.29, 1.82) is 0 Å². The summed E-state index contributed by atoms with van der Waals surface area (Å²) in [5, 5.41) is 15.7. The molecule has 0 spiro atoms. The number of rotatable bonds is 7. The summed E-state index contributed by atoms with van der Waals surface area (Å²) in [5.41, 5.74) is 0.0540. The van der Waals surface area contributed by atoms with Crippen LogP contribution in [0.4, 0.5) is 11.6 Å². The van der Waals surface area contributed by atoms with Crippen molar-refractivity contribution < 1.29 is 5.11 Å². The molecule has 0 aromatic carbocycles. The summed E-state index contributed by atoms with van der Waals surface area (Å²) in [7, 11) is 1.86. The van der Waals surface area contributed by atoms with Crippen molar-refractivity contribution in [2.45, 2.75) is 53.0 Å². The van der Waals surface area contributed by atoms with E-state index in [1.807, 2.05) is 13.1 Å². The maximum Gasteiger partial charge on any atom is 0.133 e. The lowest BCUT2D eigenvalue weighted by Gasteiger charge is -2.31. The second kappa shape index (κ2) is 7.43. The normalized spacial score (nSPS) is 13.1. The minimum atomic E-state index is 0.0540. The maximum absolute atomic E-state index is 9.23. The van der Waals surface area contributed by atoms with E-state index < -0.39 is 0 Å². The number of nitrogens with zero attached hydrogens (tertiary/aromatic N) is 2. The van der Waals surface area contributed by atoms with Gasteiger partial charge >= 0.3 is 0 Å². The molecule has 5 heteroatoms. The van der Waals surface area contributed by atoms with Gasteiger partial charge in [0.1, 0.15) is 17.5 Å². The molecule has 0 radical (unpaired) electrons. The number of nitrogens with one attached hydrogen (secondary N) is 2. The molecule has 0 aliphatic rings. The minimum Gasteiger partial charge on any atom is -0.396 e. The first kappa shape index (κ1) is 16.7. The van der Waals surface area contributed by atoms with Crippen LogP contribution in [0.5, 0.6) is 0 Å². The van der Waals surface area contributed by atoms with E-state index in [-0.39, 0.29) is 18.1 Å². The Bertz CT molecular complexity index is 415. The summed E-state index contributed by atoms with van der Waals surface area (Å²) in [6, 6.07) is 2.08. The maximum atomic E-state index is 9.23. The molecule has 1 rings (SSSR count). The molecule has 114 valence electrons. The van der Waals surface area contributed by atoms with E-state index in [9.17, 15) is 5.11 Å². The van der Waals surface area contributed by atoms with Gasteiger partial charge in [-0.05, 0) is 18.3 Å². The van der Waals surface area contributed by atoms with Gasteiger partial charge in [-0.3, -0.25) is 0 Å². The standard InChI is InChI=1S/C15H28N4O/c1-6-7-12-18-13(16-5)10-14(19-12)17-11(8-9-20)15(2,3)4/h10-11,20H,6-9H2,1-5H3,(H2,16,17,18,19). The van der Waals surface area contributed by atoms with Gasteiger partial charge in [-0.15, -0.1) is 0 Å². The van der Waals surface area contributed by atoms with E-state index in [0.717, 1.165) is 30.3 Å². The van der Waals surface area contributed by atoms with E-state index in [2.05, 4.69) is 48.3 Å². The third-order valence-corrected chi connectivity index (χ3v) is 3.29. The highest BCUT2D eigenvalue weighted by molar-refractivity contribution is 5.48. The highest BCUT2D eigenvalue weighted by Gasteiger charge is 2.24. The molecular weight excluding hydrogens is 252 g/mol. The van der Waals surface area contributed by atoms with Crippen molar-refractivity contribution in [3.8, 4) is 0 Å². The summed E-state index contributed by atoms with van der Waals surface area (Å²) in [6.45, 7) is 8.77. The van der Waals surface area contributed by atoms with Crippen molar-refractivity contribution in [1.82, 2.24) is 9.97 Å². The molecular formula is C15H28N4O. The van der Waals surface area contributed by atoms with Crippen LogP contribution in [0.25, 0.3) is 0 Å². The van der Waals surface area contributed by atoms with E-state index in [1.165, 1.54) is 0 Å². The molecule has 1 unspecified atom stereocenters. The lowest BCUT2D eigenvalue weighted by Crippen LogP contribution is -2.35. The predicted molar refractivity (Wildman–Crippen MR) is 84.1 cm³/mol. The highest BCUT2D eigenvalue weighted by atomic mass is 16.3. The second-order valence-corrected chi connectivity index (χ2v) is 6.13. The van der Waals surface area contributed by atoms with E-state index in [1.54, 1.807) is 0 Å². The van der Waals surface area contributed by atoms with Crippen LogP contribution in [0, 0.1) is 5.41 Å². The van der Waals surface area contributed by atoms with Crippen LogP contribution in [0.3, 0.4) is 0 Å². The Morgan fingerprint density at radius 3 is 2.40 bits per heavy atom. The number of hydrogen-bond acceptors (Lipinski definition) is 5. The van der Waals surface area contributed by atoms with Gasteiger partial charge < -0.3 is 15.7 Å². The molecule has 0 saturated heterocycles. The van der Waals surface area contributed by atoms with Crippen molar-refractivity contribution >= 4 is 11.6 Å². The number of aromatic nitrogens is 2. The summed E-state index contributed by atoms with van der Waals surface area (Å²) in [5.74, 6) is 2.49. The van der Waals surface area contributed by atoms with Gasteiger partial charge in [0.15, 0.2) is 0 Å². The number of aliphatic hydroxyl groups is 1. The number of hydrogen-bond donors (Lipinski definition) is 3. The molecule has 0 fully saturated rings. The van der Waals surface area contributed by atoms with Crippen LogP contribution < -0.4 is 10.6 Å². The van der Waals surface area contributed by atoms with E-state index in [0.29, 0.717) is 6.42 Å². The van der Waals surface area contributed by atoms with Crippen molar-refractivity contribution in [3.05, 3.63) is 11.9 Å². The van der Waals surface area contributed by atoms with Crippen LogP contribution in [-0.4, -0.2) is 34.8 Å². The molecule has 1 heterocycles. The molecule has 5 nitrogen and oxygen atoms in total. The van der Waals surface area contributed by atoms with Crippen molar-refractivity contribution in [2.75, 3.05) is 24.3 Å². The Hall–Kier alpha value is -1.36. The van der Waals surface area contributed by atoms with Crippen LogP contribution in [0.1, 0.15) is 46.4 Å². The van der Waals surface area contributed by atoms with Gasteiger partial charge in [0, 0.05) is 32.2 Å². The Balaban J connectivity index is 2.96. The fourth-order valence-electron chi connectivity index (χ4n) is 2.06. The summed E-state index contributed by atoms with van der Waals surface area (Å²) < 4.78 is 0. The smallest absolute Gasteiger partial charge is 0.133 e. The van der Waals surface area contributed by atoms with E-state index in [4.69, 9.17) is 0 Å². The molecule has 0 saturated carbocycles. The average Bonchev–Trinajstić information content (AvgIpc) is 2.37. The molecule has 0 aliphatic heterocycles. The van der Waals surface area contributed by atoms with Crippen molar-refractivity contribution in [2.24, 2.45) is 5.41 Å². The zero-order valence-corrected chi connectivity index (χ0v) is 13.3. The molecule has 1 atom stereocenters. The molecule has 0 bridgehead atoms. The monoisotopic (exact) mass is 280 g/mol. The molecule has 20 heavy (non-hydrogen) atoms. The second-order valence-electron chi connectivity index (χ2n) is 6.13. The lowest BCUT2D eigenvalue weighted by atomic mass is 9.85. The number of aliphatic hydroxyl groups excluding tert-OH is 1. The zero-order chi connectivity index (χ0) is 15.2. The molecule has 1 aromatic heterocycles. The SMILES string of the molecule is CCCc1nc(NC)cc(NC(CCO)C(C)(C)C)n1. The quantitative estimate of drug-likeness (QED) is 0.716. The van der Waals surface area contributed by atoms with Crippen LogP contribution >= 0.6 is 0 Å². The first-order valence-electron chi connectivity index (χ1n) is 7.33. The lowest BCUT2D eigenvalue weighted by molar-refractivity contribution is 0.235. The van der Waals surface area contributed by atoms with E-state index >= 15 is 0 Å². The largest absolute Gasteiger partial charge is 0.396 e. The van der Waals surface area contributed by atoms with Crippen LogP contribution in [-0.2, 0) is 6.42 Å². The number of aryl methyl sites for hydroxylation is 1. The molecule has 0 aliphatic carbocycles. The van der Waals surface area contributed by atoms with Crippen LogP contribution in [0.2, 0.25) is 0 Å². The summed E-state index contributed by atoms with van der Waals surface area (Å²) in [6.07, 6.45) is 2.59. The first-order chi connectivity index (χ1) is 9.40. The number of anilines is 2.